The van der Waals surface area contributed by atoms with Crippen LogP contribution in [-0.2, 0) is 4.43 Å². The van der Waals surface area contributed by atoms with Crippen LogP contribution in [0.4, 0.5) is 0 Å². The van der Waals surface area contributed by atoms with Crippen LogP contribution in [-0.4, -0.2) is 14.4 Å². The molecule has 1 aliphatic rings. The van der Waals surface area contributed by atoms with Gasteiger partial charge in [0.1, 0.15) is 0 Å². The number of hydrogen-bond acceptors (Lipinski definition) is 1. The average molecular weight is 212 g/mol. The maximum Gasteiger partial charge on any atom is 0.193 e. The fraction of sp³-hybridized carbons (Fsp3) is 0.833. The zero-order chi connectivity index (χ0) is 11.2. The van der Waals surface area contributed by atoms with Gasteiger partial charge in [-0.05, 0) is 30.5 Å². The van der Waals surface area contributed by atoms with Crippen molar-refractivity contribution in [2.24, 2.45) is 5.41 Å². The highest BCUT2D eigenvalue weighted by atomic mass is 28.4. The van der Waals surface area contributed by atoms with E-state index < -0.39 is 8.32 Å². The summed E-state index contributed by atoms with van der Waals surface area (Å²) in [5.41, 5.74) is 0.245. The summed E-state index contributed by atoms with van der Waals surface area (Å²) in [6.45, 7) is 16.1. The van der Waals surface area contributed by atoms with Crippen LogP contribution in [0.25, 0.3) is 0 Å². The van der Waals surface area contributed by atoms with Crippen LogP contribution >= 0.6 is 0 Å². The summed E-state index contributed by atoms with van der Waals surface area (Å²) < 4.78 is 6.27. The van der Waals surface area contributed by atoms with E-state index in [0.717, 1.165) is 0 Å². The Balaban J connectivity index is 3.11. The molecule has 0 saturated carbocycles. The number of allylic oxidation sites excluding steroid dienone is 1. The van der Waals surface area contributed by atoms with Gasteiger partial charge in [0.05, 0.1) is 6.10 Å². The Kier molecular flexibility index (Phi) is 2.75. The highest BCUT2D eigenvalue weighted by Gasteiger charge is 2.60. The molecule has 1 unspecified atom stereocenters. The third-order valence-corrected chi connectivity index (χ3v) is 9.11. The van der Waals surface area contributed by atoms with Gasteiger partial charge in [0, 0.05) is 0 Å². The van der Waals surface area contributed by atoms with Crippen molar-refractivity contribution < 1.29 is 4.43 Å². The molecule has 2 heteroatoms. The first-order chi connectivity index (χ1) is 6.17. The lowest BCUT2D eigenvalue weighted by atomic mass is 9.75. The van der Waals surface area contributed by atoms with Crippen molar-refractivity contribution in [2.75, 3.05) is 0 Å². The van der Waals surface area contributed by atoms with Gasteiger partial charge in [0.2, 0.25) is 0 Å². The maximum absolute atomic E-state index is 6.27. The smallest absolute Gasteiger partial charge is 0.193 e. The van der Waals surface area contributed by atoms with Gasteiger partial charge >= 0.3 is 0 Å². The Bertz CT molecular complexity index is 251. The minimum Gasteiger partial charge on any atom is -0.410 e. The molecular formula is C12H24OSi. The monoisotopic (exact) mass is 212 g/mol. The van der Waals surface area contributed by atoms with E-state index in [0.29, 0.717) is 11.1 Å². The van der Waals surface area contributed by atoms with Gasteiger partial charge in [0.15, 0.2) is 8.32 Å². The molecular weight excluding hydrogens is 188 g/mol. The van der Waals surface area contributed by atoms with Crippen molar-refractivity contribution in [3.8, 4) is 0 Å². The van der Waals surface area contributed by atoms with Crippen molar-refractivity contribution in [2.45, 2.75) is 58.9 Å². The predicted octanol–water partition coefficient (Wildman–Crippen LogP) is 3.97. The highest BCUT2D eigenvalue weighted by molar-refractivity contribution is 6.75. The molecule has 0 spiro atoms. The van der Waals surface area contributed by atoms with Crippen LogP contribution in [0.3, 0.4) is 0 Å². The summed E-state index contributed by atoms with van der Waals surface area (Å²) in [6.07, 6.45) is 4.62. The fourth-order valence-corrected chi connectivity index (χ4v) is 5.19. The van der Waals surface area contributed by atoms with E-state index in [4.69, 9.17) is 4.43 Å². The summed E-state index contributed by atoms with van der Waals surface area (Å²) in [5, 5.41) is 0.324. The normalized spacial score (nSPS) is 33.8. The van der Waals surface area contributed by atoms with Gasteiger partial charge in [-0.15, -0.1) is 0 Å². The molecule has 0 N–H and O–H groups in total. The molecule has 1 heterocycles. The minimum absolute atomic E-state index is 0.245. The van der Waals surface area contributed by atoms with Crippen molar-refractivity contribution in [3.63, 3.8) is 0 Å². The number of rotatable bonds is 1. The fourth-order valence-electron chi connectivity index (χ4n) is 2.20. The van der Waals surface area contributed by atoms with E-state index in [1.54, 1.807) is 0 Å². The summed E-state index contributed by atoms with van der Waals surface area (Å²) in [6, 6.07) is 0. The van der Waals surface area contributed by atoms with E-state index in [2.05, 4.69) is 59.9 Å². The van der Waals surface area contributed by atoms with Crippen LogP contribution in [0.15, 0.2) is 12.2 Å². The van der Waals surface area contributed by atoms with Gasteiger partial charge in [-0.25, -0.2) is 0 Å². The first-order valence-electron chi connectivity index (χ1n) is 5.47. The predicted molar refractivity (Wildman–Crippen MR) is 65.0 cm³/mol. The van der Waals surface area contributed by atoms with E-state index in [-0.39, 0.29) is 5.41 Å². The molecule has 1 aliphatic heterocycles. The molecule has 1 atom stereocenters. The topological polar surface area (TPSA) is 9.23 Å². The van der Waals surface area contributed by atoms with Gasteiger partial charge in [-0.3, -0.25) is 0 Å². The first kappa shape index (κ1) is 12.0. The Morgan fingerprint density at radius 2 is 1.64 bits per heavy atom. The standard InChI is InChI=1S/C12H24OSi/c1-8-9-10-11(2,3)12(4,5)14(6,7)13-10/h8-10H,1-7H3. The molecule has 82 valence electrons. The zero-order valence-electron chi connectivity index (χ0n) is 10.6. The van der Waals surface area contributed by atoms with Crippen molar-refractivity contribution in [3.05, 3.63) is 12.2 Å². The molecule has 14 heavy (non-hydrogen) atoms. The summed E-state index contributed by atoms with van der Waals surface area (Å²) in [5.74, 6) is 0. The zero-order valence-corrected chi connectivity index (χ0v) is 11.6. The third kappa shape index (κ3) is 1.39. The van der Waals surface area contributed by atoms with Crippen molar-refractivity contribution >= 4 is 8.32 Å². The SMILES string of the molecule is CC=CC1O[Si](C)(C)C(C)(C)C1(C)C. The van der Waals surface area contributed by atoms with Crippen LogP contribution in [0.2, 0.25) is 18.1 Å². The van der Waals surface area contributed by atoms with Crippen molar-refractivity contribution in [1.82, 2.24) is 0 Å². The molecule has 1 nitrogen and oxygen atoms in total. The van der Waals surface area contributed by atoms with Crippen LogP contribution in [0, 0.1) is 5.41 Å². The Morgan fingerprint density at radius 1 is 1.14 bits per heavy atom. The quantitative estimate of drug-likeness (QED) is 0.472. The van der Waals surface area contributed by atoms with E-state index in [9.17, 15) is 0 Å². The summed E-state index contributed by atoms with van der Waals surface area (Å²) in [7, 11) is -1.55. The van der Waals surface area contributed by atoms with Crippen LogP contribution in [0.1, 0.15) is 34.6 Å². The highest BCUT2D eigenvalue weighted by Crippen LogP contribution is 2.61. The third-order valence-electron chi connectivity index (χ3n) is 4.62. The summed E-state index contributed by atoms with van der Waals surface area (Å²) in [4.78, 5) is 0. The molecule has 1 saturated heterocycles. The second kappa shape index (κ2) is 3.21. The minimum atomic E-state index is -1.55. The van der Waals surface area contributed by atoms with E-state index in [1.807, 2.05) is 0 Å². The molecule has 0 aromatic rings. The maximum atomic E-state index is 6.27. The van der Waals surface area contributed by atoms with Crippen molar-refractivity contribution in [1.29, 1.82) is 0 Å². The summed E-state index contributed by atoms with van der Waals surface area (Å²) >= 11 is 0. The lowest BCUT2D eigenvalue weighted by Gasteiger charge is -2.40. The first-order valence-corrected chi connectivity index (χ1v) is 8.38. The Hall–Kier alpha value is -0.0831. The van der Waals surface area contributed by atoms with Gasteiger partial charge in [-0.1, -0.05) is 39.8 Å². The average Bonchev–Trinajstić information content (AvgIpc) is 2.11. The lowest BCUT2D eigenvalue weighted by Crippen LogP contribution is -2.40. The molecule has 0 bridgehead atoms. The second-order valence-corrected chi connectivity index (χ2v) is 10.4. The number of hydrogen-bond donors (Lipinski definition) is 0. The van der Waals surface area contributed by atoms with E-state index in [1.165, 1.54) is 0 Å². The largest absolute Gasteiger partial charge is 0.410 e. The van der Waals surface area contributed by atoms with Gasteiger partial charge in [0.25, 0.3) is 0 Å². The molecule has 0 radical (unpaired) electrons. The Morgan fingerprint density at radius 3 is 1.93 bits per heavy atom. The lowest BCUT2D eigenvalue weighted by molar-refractivity contribution is 0.143. The molecule has 1 rings (SSSR count). The second-order valence-electron chi connectivity index (χ2n) is 5.92. The molecule has 0 aliphatic carbocycles. The van der Waals surface area contributed by atoms with Crippen LogP contribution < -0.4 is 0 Å². The molecule has 0 amide bonds. The van der Waals surface area contributed by atoms with Gasteiger partial charge in [-0.2, -0.15) is 0 Å². The molecule has 1 fully saturated rings. The Labute approximate surface area is 89.7 Å². The van der Waals surface area contributed by atoms with Gasteiger partial charge < -0.3 is 4.43 Å². The molecule has 0 aromatic carbocycles. The molecule has 0 aromatic heterocycles. The van der Waals surface area contributed by atoms with Crippen LogP contribution in [0.5, 0.6) is 0 Å². The van der Waals surface area contributed by atoms with E-state index >= 15 is 0 Å².